The first kappa shape index (κ1) is 15.2. The fraction of sp³-hybridized carbons (Fsp3) is 0.200. The Bertz CT molecular complexity index is 911. The zero-order valence-electron chi connectivity index (χ0n) is 12.3. The molecule has 4 rings (SSSR count). The molecule has 0 unspecified atom stereocenters. The molecule has 9 heteroatoms. The Morgan fingerprint density at radius 2 is 2.17 bits per heavy atom. The molecule has 1 aromatic carbocycles. The van der Waals surface area contributed by atoms with Gasteiger partial charge in [0.05, 0.1) is 17.1 Å². The summed E-state index contributed by atoms with van der Waals surface area (Å²) in [4.78, 5) is 18.5. The van der Waals surface area contributed by atoms with E-state index in [4.69, 9.17) is 11.6 Å². The molecular formula is C15H11ClFN5OS. The summed E-state index contributed by atoms with van der Waals surface area (Å²) >= 11 is 7.48. The number of hydrogen-bond donors (Lipinski definition) is 0. The molecule has 0 N–H and O–H groups in total. The minimum atomic E-state index is -0.469. The molecule has 3 heterocycles. The predicted octanol–water partition coefficient (Wildman–Crippen LogP) is 2.85. The van der Waals surface area contributed by atoms with Crippen LogP contribution in [0.5, 0.6) is 0 Å². The van der Waals surface area contributed by atoms with Crippen molar-refractivity contribution in [3.63, 3.8) is 0 Å². The lowest BCUT2D eigenvalue weighted by atomic mass is 10.2. The van der Waals surface area contributed by atoms with E-state index in [1.165, 1.54) is 23.5 Å². The zero-order chi connectivity index (χ0) is 16.7. The topological polar surface area (TPSA) is 63.9 Å². The number of thiazole rings is 1. The maximum atomic E-state index is 13.2. The van der Waals surface area contributed by atoms with E-state index in [9.17, 15) is 9.18 Å². The molecule has 1 aliphatic heterocycles. The molecular weight excluding hydrogens is 353 g/mol. The Labute approximate surface area is 145 Å². The van der Waals surface area contributed by atoms with E-state index in [0.29, 0.717) is 31.3 Å². The van der Waals surface area contributed by atoms with Crippen molar-refractivity contribution in [3.8, 4) is 10.8 Å². The number of aromatic nitrogens is 4. The number of hydrogen-bond acceptors (Lipinski definition) is 5. The van der Waals surface area contributed by atoms with E-state index in [0.717, 1.165) is 11.1 Å². The van der Waals surface area contributed by atoms with Crippen LogP contribution in [0.1, 0.15) is 16.2 Å². The largest absolute Gasteiger partial charge is 0.329 e. The van der Waals surface area contributed by atoms with Crippen LogP contribution < -0.4 is 0 Å². The third kappa shape index (κ3) is 2.57. The Morgan fingerprint density at radius 1 is 1.29 bits per heavy atom. The molecule has 1 amide bonds. The first-order chi connectivity index (χ1) is 11.6. The number of fused-ring (bicyclic) bond motifs is 1. The maximum Gasteiger partial charge on any atom is 0.255 e. The second-order valence-electron chi connectivity index (χ2n) is 5.28. The fourth-order valence-corrected chi connectivity index (χ4v) is 3.53. The smallest absolute Gasteiger partial charge is 0.255 e. The third-order valence-corrected chi connectivity index (χ3v) is 4.91. The van der Waals surface area contributed by atoms with Gasteiger partial charge in [-0.15, -0.1) is 21.5 Å². The van der Waals surface area contributed by atoms with Gasteiger partial charge in [-0.1, -0.05) is 11.6 Å². The number of benzene rings is 1. The number of carbonyl (C=O) groups is 1. The summed E-state index contributed by atoms with van der Waals surface area (Å²) in [6, 6.07) is 3.77. The first-order valence-corrected chi connectivity index (χ1v) is 8.45. The summed E-state index contributed by atoms with van der Waals surface area (Å²) < 4.78 is 15.1. The summed E-state index contributed by atoms with van der Waals surface area (Å²) in [5.74, 6) is 0.693. The molecule has 0 atom stereocenters. The van der Waals surface area contributed by atoms with Crippen LogP contribution in [0.3, 0.4) is 0 Å². The van der Waals surface area contributed by atoms with Crippen molar-refractivity contribution in [1.82, 2.24) is 24.6 Å². The van der Waals surface area contributed by atoms with Crippen molar-refractivity contribution < 1.29 is 9.18 Å². The van der Waals surface area contributed by atoms with Crippen molar-refractivity contribution in [1.29, 1.82) is 0 Å². The number of halogens is 2. The average Bonchev–Trinajstić information content (AvgIpc) is 3.22. The van der Waals surface area contributed by atoms with Crippen LogP contribution in [-0.2, 0) is 13.1 Å². The van der Waals surface area contributed by atoms with Gasteiger partial charge < -0.3 is 9.47 Å². The molecule has 0 aliphatic carbocycles. The van der Waals surface area contributed by atoms with Gasteiger partial charge in [-0.25, -0.2) is 9.37 Å². The second-order valence-corrected chi connectivity index (χ2v) is 6.58. The van der Waals surface area contributed by atoms with E-state index < -0.39 is 5.82 Å². The van der Waals surface area contributed by atoms with Crippen LogP contribution in [0, 0.1) is 5.82 Å². The SMILES string of the molecule is O=C(c1ccc(F)cc1Cl)N1CCn2c(nnc2-c2nccs2)C1. The molecule has 6 nitrogen and oxygen atoms in total. The molecule has 0 fully saturated rings. The maximum absolute atomic E-state index is 13.2. The van der Waals surface area contributed by atoms with E-state index in [-0.39, 0.29) is 16.5 Å². The van der Waals surface area contributed by atoms with E-state index in [1.54, 1.807) is 11.1 Å². The number of nitrogens with zero attached hydrogens (tertiary/aromatic N) is 5. The van der Waals surface area contributed by atoms with E-state index in [2.05, 4.69) is 15.2 Å². The standard InChI is InChI=1S/C15H11ClFN5OS/c16-11-7-9(17)1-2-10(11)15(23)21-4-5-22-12(8-21)19-20-13(22)14-18-3-6-24-14/h1-3,6-7H,4-5,8H2. The van der Waals surface area contributed by atoms with Crippen LogP contribution in [0.2, 0.25) is 5.02 Å². The third-order valence-electron chi connectivity index (χ3n) is 3.83. The summed E-state index contributed by atoms with van der Waals surface area (Å²) in [5, 5.41) is 11.1. The van der Waals surface area contributed by atoms with Gasteiger partial charge in [0, 0.05) is 24.7 Å². The van der Waals surface area contributed by atoms with Gasteiger partial charge in [-0.05, 0) is 18.2 Å². The number of rotatable bonds is 2. The molecule has 24 heavy (non-hydrogen) atoms. The van der Waals surface area contributed by atoms with Gasteiger partial charge in [0.1, 0.15) is 5.82 Å². The summed E-state index contributed by atoms with van der Waals surface area (Å²) in [7, 11) is 0. The van der Waals surface area contributed by atoms with Crippen molar-refractivity contribution in [3.05, 3.63) is 52.0 Å². The van der Waals surface area contributed by atoms with Crippen LogP contribution >= 0.6 is 22.9 Å². The van der Waals surface area contributed by atoms with Gasteiger partial charge in [0.15, 0.2) is 16.7 Å². The van der Waals surface area contributed by atoms with Crippen molar-refractivity contribution in [2.45, 2.75) is 13.1 Å². The van der Waals surface area contributed by atoms with Gasteiger partial charge in [-0.3, -0.25) is 4.79 Å². The highest BCUT2D eigenvalue weighted by Gasteiger charge is 2.27. The lowest BCUT2D eigenvalue weighted by Crippen LogP contribution is -2.38. The van der Waals surface area contributed by atoms with E-state index >= 15 is 0 Å². The summed E-state index contributed by atoms with van der Waals surface area (Å²) in [5.41, 5.74) is 0.283. The van der Waals surface area contributed by atoms with Crippen LogP contribution in [-0.4, -0.2) is 37.1 Å². The van der Waals surface area contributed by atoms with Gasteiger partial charge >= 0.3 is 0 Å². The lowest BCUT2D eigenvalue weighted by molar-refractivity contribution is 0.0708. The summed E-state index contributed by atoms with van der Waals surface area (Å²) in [6.07, 6.45) is 1.72. The number of amides is 1. The highest BCUT2D eigenvalue weighted by Crippen LogP contribution is 2.25. The fourth-order valence-electron chi connectivity index (χ4n) is 2.66. The minimum absolute atomic E-state index is 0.107. The molecule has 0 spiro atoms. The molecule has 3 aromatic rings. The Hall–Kier alpha value is -2.32. The zero-order valence-corrected chi connectivity index (χ0v) is 13.9. The Balaban J connectivity index is 1.60. The minimum Gasteiger partial charge on any atom is -0.329 e. The lowest BCUT2D eigenvalue weighted by Gasteiger charge is -2.28. The van der Waals surface area contributed by atoms with Crippen molar-refractivity contribution >= 4 is 28.8 Å². The molecule has 0 bridgehead atoms. The van der Waals surface area contributed by atoms with E-state index in [1.807, 2.05) is 9.95 Å². The predicted molar refractivity (Wildman–Crippen MR) is 87.3 cm³/mol. The van der Waals surface area contributed by atoms with Crippen molar-refractivity contribution in [2.24, 2.45) is 0 Å². The van der Waals surface area contributed by atoms with Crippen molar-refractivity contribution in [2.75, 3.05) is 6.54 Å². The average molecular weight is 364 g/mol. The molecule has 2 aromatic heterocycles. The molecule has 122 valence electrons. The molecule has 1 aliphatic rings. The molecule has 0 saturated carbocycles. The van der Waals surface area contributed by atoms with Crippen LogP contribution in [0.4, 0.5) is 4.39 Å². The Kier molecular flexibility index (Phi) is 3.78. The van der Waals surface area contributed by atoms with Crippen LogP contribution in [0.15, 0.2) is 29.8 Å². The van der Waals surface area contributed by atoms with Crippen LogP contribution in [0.25, 0.3) is 10.8 Å². The second kappa shape index (κ2) is 5.95. The Morgan fingerprint density at radius 3 is 2.92 bits per heavy atom. The molecule has 0 radical (unpaired) electrons. The highest BCUT2D eigenvalue weighted by molar-refractivity contribution is 7.13. The summed E-state index contributed by atoms with van der Waals surface area (Å²) in [6.45, 7) is 1.39. The first-order valence-electron chi connectivity index (χ1n) is 7.20. The number of carbonyl (C=O) groups excluding carboxylic acids is 1. The normalized spacial score (nSPS) is 13.8. The van der Waals surface area contributed by atoms with Gasteiger partial charge in [0.2, 0.25) is 0 Å². The molecule has 0 saturated heterocycles. The van der Waals surface area contributed by atoms with Gasteiger partial charge in [0.25, 0.3) is 5.91 Å². The monoisotopic (exact) mass is 363 g/mol. The highest BCUT2D eigenvalue weighted by atomic mass is 35.5. The quantitative estimate of drug-likeness (QED) is 0.702. The van der Waals surface area contributed by atoms with Gasteiger partial charge in [-0.2, -0.15) is 0 Å².